The number of hydrogen-bond acceptors (Lipinski definition) is 6. The summed E-state index contributed by atoms with van der Waals surface area (Å²) in [5.74, 6) is -0.406. The first-order chi connectivity index (χ1) is 9.49. The Labute approximate surface area is 122 Å². The zero-order chi connectivity index (χ0) is 15.1. The molecule has 0 aliphatic carbocycles. The van der Waals surface area contributed by atoms with Gasteiger partial charge in [-0.25, -0.2) is 4.98 Å². The summed E-state index contributed by atoms with van der Waals surface area (Å²) in [6, 6.07) is 0. The lowest BCUT2D eigenvalue weighted by Gasteiger charge is -2.13. The van der Waals surface area contributed by atoms with E-state index >= 15 is 0 Å². The number of rotatable bonds is 7. The topological polar surface area (TPSA) is 100 Å². The van der Waals surface area contributed by atoms with E-state index in [1.807, 2.05) is 18.9 Å². The third-order valence-electron chi connectivity index (χ3n) is 2.52. The molecule has 4 N–H and O–H groups in total. The quantitative estimate of drug-likeness (QED) is 0.678. The molecule has 0 aromatic carbocycles. The molecule has 0 aliphatic heterocycles. The highest BCUT2D eigenvalue weighted by Gasteiger charge is 2.18. The Morgan fingerprint density at radius 2 is 2.05 bits per heavy atom. The zero-order valence-electron chi connectivity index (χ0n) is 12.0. The average molecular weight is 299 g/mol. The minimum atomic E-state index is -0.373. The van der Waals surface area contributed by atoms with Gasteiger partial charge in [-0.2, -0.15) is 0 Å². The van der Waals surface area contributed by atoms with Crippen LogP contribution in [0.1, 0.15) is 29.9 Å². The molecule has 0 saturated carbocycles. The molecule has 0 bridgehead atoms. The summed E-state index contributed by atoms with van der Waals surface area (Å²) in [5, 5.41) is 5.83. The second-order valence-electron chi connectivity index (χ2n) is 4.27. The van der Waals surface area contributed by atoms with E-state index in [9.17, 15) is 9.59 Å². The van der Waals surface area contributed by atoms with E-state index in [2.05, 4.69) is 22.5 Å². The Kier molecular flexibility index (Phi) is 6.23. The van der Waals surface area contributed by atoms with Crippen LogP contribution in [-0.2, 0) is 4.79 Å². The summed E-state index contributed by atoms with van der Waals surface area (Å²) in [4.78, 5) is 29.7. The van der Waals surface area contributed by atoms with Gasteiger partial charge in [-0.3, -0.25) is 9.59 Å². The summed E-state index contributed by atoms with van der Waals surface area (Å²) >= 11 is 1.23. The number of amides is 2. The third-order valence-corrected chi connectivity index (χ3v) is 3.70. The van der Waals surface area contributed by atoms with Crippen LogP contribution in [0.2, 0.25) is 0 Å². The molecule has 112 valence electrons. The first kappa shape index (κ1) is 16.2. The number of nitrogens with two attached hydrogens (primary N) is 1. The molecule has 0 atom stereocenters. The van der Waals surface area contributed by atoms with E-state index in [4.69, 9.17) is 5.73 Å². The number of likely N-dealkylation sites (N-methyl/N-ethyl adjacent to an activating group) is 1. The minimum absolute atomic E-state index is 0.0653. The fourth-order valence-electron chi connectivity index (χ4n) is 1.58. The smallest absolute Gasteiger partial charge is 0.265 e. The highest BCUT2D eigenvalue weighted by molar-refractivity contribution is 7.18. The van der Waals surface area contributed by atoms with Crippen molar-refractivity contribution in [3.63, 3.8) is 0 Å². The van der Waals surface area contributed by atoms with Gasteiger partial charge in [0.25, 0.3) is 5.91 Å². The molecular weight excluding hydrogens is 278 g/mol. The molecule has 0 fully saturated rings. The lowest BCUT2D eigenvalue weighted by atomic mass is 10.4. The molecule has 2 amide bonds. The molecule has 0 radical (unpaired) electrons. The predicted octanol–water partition coefficient (Wildman–Crippen LogP) is 0.437. The monoisotopic (exact) mass is 299 g/mol. The molecule has 8 heteroatoms. The van der Waals surface area contributed by atoms with Gasteiger partial charge < -0.3 is 21.3 Å². The fourth-order valence-corrected chi connectivity index (χ4v) is 2.47. The van der Waals surface area contributed by atoms with Crippen molar-refractivity contribution in [1.82, 2.24) is 15.6 Å². The van der Waals surface area contributed by atoms with Crippen LogP contribution in [0.5, 0.6) is 0 Å². The lowest BCUT2D eigenvalue weighted by Crippen LogP contribution is -2.36. The van der Waals surface area contributed by atoms with Crippen LogP contribution in [0.4, 0.5) is 10.9 Å². The Morgan fingerprint density at radius 1 is 1.35 bits per heavy atom. The van der Waals surface area contributed by atoms with E-state index in [1.54, 1.807) is 0 Å². The number of nitrogen functional groups attached to an aromatic ring is 1. The van der Waals surface area contributed by atoms with Gasteiger partial charge in [-0.1, -0.05) is 18.3 Å². The van der Waals surface area contributed by atoms with E-state index in [-0.39, 0.29) is 24.2 Å². The highest BCUT2D eigenvalue weighted by atomic mass is 32.1. The second kappa shape index (κ2) is 7.68. The van der Waals surface area contributed by atoms with Gasteiger partial charge in [-0.05, 0) is 13.3 Å². The van der Waals surface area contributed by atoms with Crippen molar-refractivity contribution in [3.05, 3.63) is 4.88 Å². The minimum Gasteiger partial charge on any atom is -0.382 e. The number of hydrogen-bond donors (Lipinski definition) is 3. The van der Waals surface area contributed by atoms with Crippen molar-refractivity contribution >= 4 is 34.1 Å². The summed E-state index contributed by atoms with van der Waals surface area (Å²) in [6.45, 7) is 5.19. The first-order valence-electron chi connectivity index (χ1n) is 6.51. The average Bonchev–Trinajstić information content (AvgIpc) is 2.79. The summed E-state index contributed by atoms with van der Waals surface area (Å²) in [5.41, 5.74) is 5.75. The fraction of sp³-hybridized carbons (Fsp3) is 0.583. The van der Waals surface area contributed by atoms with Crippen LogP contribution >= 0.6 is 11.3 Å². The molecule has 0 aliphatic rings. The van der Waals surface area contributed by atoms with Crippen molar-refractivity contribution in [2.45, 2.75) is 20.3 Å². The molecule has 1 aromatic heterocycles. The van der Waals surface area contributed by atoms with Crippen molar-refractivity contribution in [2.24, 2.45) is 0 Å². The van der Waals surface area contributed by atoms with Crippen LogP contribution < -0.4 is 21.3 Å². The SMILES string of the molecule is CCCN(C)c1nc(N)c(C(=O)NCC(=O)NCC)s1. The van der Waals surface area contributed by atoms with E-state index in [0.29, 0.717) is 16.6 Å². The largest absolute Gasteiger partial charge is 0.382 e. The Bertz CT molecular complexity index is 474. The zero-order valence-corrected chi connectivity index (χ0v) is 12.8. The highest BCUT2D eigenvalue weighted by Crippen LogP contribution is 2.27. The standard InChI is InChI=1S/C12H21N5O2S/c1-4-6-17(3)12-16-10(13)9(20-12)11(19)15-7-8(18)14-5-2/h4-7,13H2,1-3H3,(H,14,18)(H,15,19). The second-order valence-corrected chi connectivity index (χ2v) is 5.25. The molecule has 7 nitrogen and oxygen atoms in total. The number of carbonyl (C=O) groups is 2. The predicted molar refractivity (Wildman–Crippen MR) is 81.1 cm³/mol. The van der Waals surface area contributed by atoms with Gasteiger partial charge in [-0.15, -0.1) is 0 Å². The van der Waals surface area contributed by atoms with Crippen molar-refractivity contribution in [1.29, 1.82) is 0 Å². The lowest BCUT2D eigenvalue weighted by molar-refractivity contribution is -0.120. The molecule has 1 rings (SSSR count). The van der Waals surface area contributed by atoms with Crippen molar-refractivity contribution < 1.29 is 9.59 Å². The molecule has 0 saturated heterocycles. The van der Waals surface area contributed by atoms with E-state index in [0.717, 1.165) is 13.0 Å². The van der Waals surface area contributed by atoms with Crippen LogP contribution in [0.15, 0.2) is 0 Å². The van der Waals surface area contributed by atoms with Crippen LogP contribution in [0.25, 0.3) is 0 Å². The maximum Gasteiger partial charge on any atom is 0.265 e. The summed E-state index contributed by atoms with van der Waals surface area (Å²) < 4.78 is 0. The van der Waals surface area contributed by atoms with Gasteiger partial charge in [0.2, 0.25) is 5.91 Å². The summed E-state index contributed by atoms with van der Waals surface area (Å²) in [7, 11) is 1.90. The number of nitrogens with one attached hydrogen (secondary N) is 2. The molecule has 1 aromatic rings. The number of thiazole rings is 1. The van der Waals surface area contributed by atoms with Gasteiger partial charge in [0.15, 0.2) is 5.13 Å². The van der Waals surface area contributed by atoms with E-state index < -0.39 is 0 Å². The van der Waals surface area contributed by atoms with Crippen molar-refractivity contribution in [3.8, 4) is 0 Å². The molecule has 0 unspecified atom stereocenters. The van der Waals surface area contributed by atoms with Crippen LogP contribution in [0, 0.1) is 0 Å². The van der Waals surface area contributed by atoms with Gasteiger partial charge >= 0.3 is 0 Å². The maximum absolute atomic E-state index is 11.9. The number of aromatic nitrogens is 1. The van der Waals surface area contributed by atoms with E-state index in [1.165, 1.54) is 11.3 Å². The molecular formula is C12H21N5O2S. The Hall–Kier alpha value is -1.83. The number of anilines is 2. The number of nitrogens with zero attached hydrogens (tertiary/aromatic N) is 2. The van der Waals surface area contributed by atoms with Crippen molar-refractivity contribution in [2.75, 3.05) is 37.3 Å². The van der Waals surface area contributed by atoms with Gasteiger partial charge in [0.1, 0.15) is 10.7 Å². The maximum atomic E-state index is 11.9. The Balaban J connectivity index is 2.66. The van der Waals surface area contributed by atoms with Crippen LogP contribution in [0.3, 0.4) is 0 Å². The normalized spacial score (nSPS) is 10.2. The molecule has 0 spiro atoms. The Morgan fingerprint density at radius 3 is 2.65 bits per heavy atom. The number of carbonyl (C=O) groups excluding carboxylic acids is 2. The van der Waals surface area contributed by atoms with Gasteiger partial charge in [0.05, 0.1) is 6.54 Å². The van der Waals surface area contributed by atoms with Gasteiger partial charge in [0, 0.05) is 20.1 Å². The molecule has 20 heavy (non-hydrogen) atoms. The van der Waals surface area contributed by atoms with Crippen LogP contribution in [-0.4, -0.2) is 43.5 Å². The third kappa shape index (κ3) is 4.37. The first-order valence-corrected chi connectivity index (χ1v) is 7.33. The summed E-state index contributed by atoms with van der Waals surface area (Å²) in [6.07, 6.45) is 0.981. The molecule has 1 heterocycles.